The molecule has 2 heterocycles. The van der Waals surface area contributed by atoms with Crippen molar-refractivity contribution in [2.75, 3.05) is 25.9 Å². The minimum Gasteiger partial charge on any atom is -0.426 e. The first-order chi connectivity index (χ1) is 9.13. The Balaban J connectivity index is 2.05. The van der Waals surface area contributed by atoms with E-state index in [1.54, 1.807) is 17.8 Å². The van der Waals surface area contributed by atoms with Gasteiger partial charge in [-0.25, -0.2) is 0 Å². The standard InChI is InChI=1S/C13H18N2O2S2/c1-3-4-7-15-12(16)10(17-13(15)18)5-6-11-14(2)8-9-19-11/h5-6H,3-4,7-9H2,1-2H3/b10-5-,11-6-. The number of carbonyl (C=O) groups excluding carboxylic acids is 1. The fourth-order valence-corrected chi connectivity index (χ4v) is 3.17. The number of carbonyl (C=O) groups is 1. The van der Waals surface area contributed by atoms with E-state index >= 15 is 0 Å². The molecule has 104 valence electrons. The number of unbranched alkanes of at least 4 members (excludes halogenated alkanes) is 1. The first kappa shape index (κ1) is 14.4. The average molecular weight is 298 g/mol. The summed E-state index contributed by atoms with van der Waals surface area (Å²) >= 11 is 6.87. The number of hydrogen-bond donors (Lipinski definition) is 0. The number of allylic oxidation sites excluding steroid dienone is 2. The molecule has 6 heteroatoms. The highest BCUT2D eigenvalue weighted by atomic mass is 32.2. The lowest BCUT2D eigenvalue weighted by Gasteiger charge is -2.10. The monoisotopic (exact) mass is 298 g/mol. The summed E-state index contributed by atoms with van der Waals surface area (Å²) in [6.07, 6.45) is 5.61. The topological polar surface area (TPSA) is 32.8 Å². The Hall–Kier alpha value is -1.01. The Kier molecular flexibility index (Phi) is 4.87. The molecule has 0 atom stereocenters. The summed E-state index contributed by atoms with van der Waals surface area (Å²) in [6, 6.07) is 0. The van der Waals surface area contributed by atoms with Crippen LogP contribution in [0.3, 0.4) is 0 Å². The predicted octanol–water partition coefficient (Wildman–Crippen LogP) is 2.33. The number of thioether (sulfide) groups is 1. The molecule has 2 rings (SSSR count). The number of nitrogens with zero attached hydrogens (tertiary/aromatic N) is 2. The van der Waals surface area contributed by atoms with Crippen LogP contribution in [-0.2, 0) is 9.53 Å². The van der Waals surface area contributed by atoms with E-state index in [2.05, 4.69) is 11.8 Å². The second kappa shape index (κ2) is 6.43. The van der Waals surface area contributed by atoms with Gasteiger partial charge in [0.25, 0.3) is 11.1 Å². The molecule has 0 aliphatic carbocycles. The van der Waals surface area contributed by atoms with E-state index in [1.165, 1.54) is 4.90 Å². The van der Waals surface area contributed by atoms with Gasteiger partial charge in [-0.3, -0.25) is 9.69 Å². The average Bonchev–Trinajstić information content (AvgIpc) is 2.90. The lowest BCUT2D eigenvalue weighted by Crippen LogP contribution is -2.29. The zero-order valence-electron chi connectivity index (χ0n) is 11.2. The lowest BCUT2D eigenvalue weighted by molar-refractivity contribution is -0.123. The summed E-state index contributed by atoms with van der Waals surface area (Å²) in [7, 11) is 2.04. The van der Waals surface area contributed by atoms with Gasteiger partial charge in [0.05, 0.1) is 5.03 Å². The maximum absolute atomic E-state index is 12.1. The molecule has 2 aliphatic rings. The van der Waals surface area contributed by atoms with Gasteiger partial charge in [0, 0.05) is 25.9 Å². The third kappa shape index (κ3) is 3.30. The second-order valence-electron chi connectivity index (χ2n) is 4.48. The van der Waals surface area contributed by atoms with Crippen LogP contribution in [0, 0.1) is 0 Å². The Morgan fingerprint density at radius 2 is 2.26 bits per heavy atom. The molecule has 0 radical (unpaired) electrons. The molecule has 4 nitrogen and oxygen atoms in total. The predicted molar refractivity (Wildman–Crippen MR) is 81.6 cm³/mol. The van der Waals surface area contributed by atoms with Gasteiger partial charge in [0.2, 0.25) is 0 Å². The van der Waals surface area contributed by atoms with Crippen molar-refractivity contribution in [1.82, 2.24) is 9.80 Å². The highest BCUT2D eigenvalue weighted by Gasteiger charge is 2.32. The van der Waals surface area contributed by atoms with E-state index in [0.717, 1.165) is 30.2 Å². The quantitative estimate of drug-likeness (QED) is 0.587. The minimum absolute atomic E-state index is 0.124. The molecule has 0 aromatic rings. The molecule has 0 N–H and O–H groups in total. The van der Waals surface area contributed by atoms with E-state index in [0.29, 0.717) is 12.3 Å². The molecule has 0 spiro atoms. The van der Waals surface area contributed by atoms with E-state index < -0.39 is 0 Å². The number of amides is 1. The van der Waals surface area contributed by atoms with Crippen LogP contribution in [0.15, 0.2) is 22.9 Å². The molecule has 0 aromatic carbocycles. The van der Waals surface area contributed by atoms with E-state index in [-0.39, 0.29) is 11.1 Å². The Labute approximate surface area is 123 Å². The zero-order chi connectivity index (χ0) is 13.8. The van der Waals surface area contributed by atoms with Crippen molar-refractivity contribution in [1.29, 1.82) is 0 Å². The van der Waals surface area contributed by atoms with Crippen LogP contribution >= 0.6 is 24.0 Å². The van der Waals surface area contributed by atoms with Gasteiger partial charge >= 0.3 is 0 Å². The fraction of sp³-hybridized carbons (Fsp3) is 0.538. The van der Waals surface area contributed by atoms with Crippen LogP contribution in [0.1, 0.15) is 19.8 Å². The van der Waals surface area contributed by atoms with Crippen LogP contribution in [0.4, 0.5) is 0 Å². The van der Waals surface area contributed by atoms with Crippen LogP contribution in [0.5, 0.6) is 0 Å². The van der Waals surface area contributed by atoms with E-state index in [1.807, 2.05) is 13.1 Å². The zero-order valence-corrected chi connectivity index (χ0v) is 12.9. The third-order valence-corrected chi connectivity index (χ3v) is 4.47. The normalized spacial score (nSPS) is 23.9. The molecule has 0 unspecified atom stereocenters. The van der Waals surface area contributed by atoms with Crippen molar-refractivity contribution < 1.29 is 9.53 Å². The van der Waals surface area contributed by atoms with Crippen molar-refractivity contribution >= 4 is 35.1 Å². The summed E-state index contributed by atoms with van der Waals surface area (Å²) < 4.78 is 5.37. The van der Waals surface area contributed by atoms with Crippen molar-refractivity contribution in [2.24, 2.45) is 0 Å². The fourth-order valence-electron chi connectivity index (χ4n) is 1.85. The lowest BCUT2D eigenvalue weighted by atomic mass is 10.3. The third-order valence-electron chi connectivity index (χ3n) is 3.04. The van der Waals surface area contributed by atoms with Crippen molar-refractivity contribution in [3.63, 3.8) is 0 Å². The second-order valence-corrected chi connectivity index (χ2v) is 5.95. The maximum atomic E-state index is 12.1. The Morgan fingerprint density at radius 3 is 2.89 bits per heavy atom. The van der Waals surface area contributed by atoms with Crippen LogP contribution in [0.2, 0.25) is 0 Å². The molecule has 0 bridgehead atoms. The van der Waals surface area contributed by atoms with Crippen LogP contribution in [-0.4, -0.2) is 46.8 Å². The van der Waals surface area contributed by atoms with Crippen LogP contribution in [0.25, 0.3) is 0 Å². The number of hydrogen-bond acceptors (Lipinski definition) is 5. The van der Waals surface area contributed by atoms with E-state index in [4.69, 9.17) is 17.0 Å². The smallest absolute Gasteiger partial charge is 0.297 e. The summed E-state index contributed by atoms with van der Waals surface area (Å²) in [4.78, 5) is 15.8. The summed E-state index contributed by atoms with van der Waals surface area (Å²) in [5, 5.41) is 1.43. The first-order valence-electron chi connectivity index (χ1n) is 6.43. The van der Waals surface area contributed by atoms with Gasteiger partial charge in [-0.15, -0.1) is 11.8 Å². The van der Waals surface area contributed by atoms with Gasteiger partial charge in [0.1, 0.15) is 0 Å². The van der Waals surface area contributed by atoms with Gasteiger partial charge in [0.15, 0.2) is 5.76 Å². The molecule has 19 heavy (non-hydrogen) atoms. The van der Waals surface area contributed by atoms with E-state index in [9.17, 15) is 4.79 Å². The number of ether oxygens (including phenoxy) is 1. The van der Waals surface area contributed by atoms with Gasteiger partial charge in [-0.05, 0) is 30.8 Å². The largest absolute Gasteiger partial charge is 0.426 e. The van der Waals surface area contributed by atoms with Gasteiger partial charge in [-0.1, -0.05) is 13.3 Å². The molecular formula is C13H18N2O2S2. The highest BCUT2D eigenvalue weighted by molar-refractivity contribution is 8.03. The molecule has 0 saturated carbocycles. The molecular weight excluding hydrogens is 280 g/mol. The number of rotatable bonds is 4. The SMILES string of the molecule is CCCCN1C(=O)/C(=C/C=C2\SCCN2C)OC1=S. The number of thiocarbonyl (C=S) groups is 1. The highest BCUT2D eigenvalue weighted by Crippen LogP contribution is 2.26. The Morgan fingerprint density at radius 1 is 1.47 bits per heavy atom. The summed E-state index contributed by atoms with van der Waals surface area (Å²) in [5.74, 6) is 1.29. The van der Waals surface area contributed by atoms with Gasteiger partial charge < -0.3 is 9.64 Å². The van der Waals surface area contributed by atoms with Crippen molar-refractivity contribution in [3.8, 4) is 0 Å². The van der Waals surface area contributed by atoms with Crippen LogP contribution < -0.4 is 0 Å². The molecule has 2 saturated heterocycles. The van der Waals surface area contributed by atoms with Crippen molar-refractivity contribution in [3.05, 3.63) is 22.9 Å². The summed E-state index contributed by atoms with van der Waals surface area (Å²) in [6.45, 7) is 3.75. The Bertz CT molecular complexity index is 446. The summed E-state index contributed by atoms with van der Waals surface area (Å²) in [5.41, 5.74) is 0. The minimum atomic E-state index is -0.124. The molecule has 0 aromatic heterocycles. The first-order valence-corrected chi connectivity index (χ1v) is 7.82. The molecule has 2 fully saturated rings. The van der Waals surface area contributed by atoms with Gasteiger partial charge in [-0.2, -0.15) is 0 Å². The molecule has 1 amide bonds. The van der Waals surface area contributed by atoms with Crippen molar-refractivity contribution in [2.45, 2.75) is 19.8 Å². The molecule has 2 aliphatic heterocycles. The maximum Gasteiger partial charge on any atom is 0.297 e.